The van der Waals surface area contributed by atoms with E-state index in [1.165, 1.54) is 0 Å². The fraction of sp³-hybridized carbons (Fsp3) is 0.433. The predicted octanol–water partition coefficient (Wildman–Crippen LogP) is 5.79. The first-order valence-electron chi connectivity index (χ1n) is 12.8. The fourth-order valence-electron chi connectivity index (χ4n) is 3.84. The quantitative estimate of drug-likeness (QED) is 0.289. The molecule has 0 saturated heterocycles. The van der Waals surface area contributed by atoms with E-state index in [1.54, 1.807) is 0 Å². The summed E-state index contributed by atoms with van der Waals surface area (Å²) in [4.78, 5) is 23.9. The summed E-state index contributed by atoms with van der Waals surface area (Å²) in [5.74, 6) is 0.420. The van der Waals surface area contributed by atoms with Crippen LogP contribution in [-0.2, 0) is 19.0 Å². The summed E-state index contributed by atoms with van der Waals surface area (Å²) in [6.07, 6.45) is 1.67. The molecule has 0 fully saturated rings. The highest BCUT2D eigenvalue weighted by Gasteiger charge is 2.19. The minimum Gasteiger partial charge on any atom is -0.458 e. The molecule has 2 aromatic carbocycles. The van der Waals surface area contributed by atoms with Crippen molar-refractivity contribution < 1.29 is 19.0 Å². The van der Waals surface area contributed by atoms with E-state index < -0.39 is 5.60 Å². The van der Waals surface area contributed by atoms with Gasteiger partial charge in [0.05, 0.1) is 36.9 Å². The minimum atomic E-state index is -0.522. The highest BCUT2D eigenvalue weighted by Crippen LogP contribution is 2.30. The van der Waals surface area contributed by atoms with Crippen molar-refractivity contribution in [1.29, 1.82) is 0 Å². The van der Waals surface area contributed by atoms with Gasteiger partial charge in [0.25, 0.3) is 0 Å². The monoisotopic (exact) mass is 505 g/mol. The van der Waals surface area contributed by atoms with Crippen LogP contribution < -0.4 is 4.90 Å². The van der Waals surface area contributed by atoms with Crippen molar-refractivity contribution in [3.8, 4) is 22.5 Å². The van der Waals surface area contributed by atoms with Crippen LogP contribution in [0.2, 0.25) is 0 Å². The van der Waals surface area contributed by atoms with Crippen LogP contribution >= 0.6 is 0 Å². The van der Waals surface area contributed by atoms with Crippen molar-refractivity contribution >= 4 is 11.8 Å². The van der Waals surface area contributed by atoms with Crippen LogP contribution in [0.15, 0.2) is 66.9 Å². The summed E-state index contributed by atoms with van der Waals surface area (Å²) < 4.78 is 16.7. The Balaban J connectivity index is 1.66. The zero-order chi connectivity index (χ0) is 26.8. The Morgan fingerprint density at radius 1 is 0.919 bits per heavy atom. The average Bonchev–Trinajstić information content (AvgIpc) is 2.86. The molecule has 7 heteroatoms. The second-order valence-corrected chi connectivity index (χ2v) is 10.2. The van der Waals surface area contributed by atoms with Gasteiger partial charge >= 0.3 is 5.97 Å². The molecule has 1 aromatic heterocycles. The lowest BCUT2D eigenvalue weighted by Crippen LogP contribution is -2.36. The lowest BCUT2D eigenvalue weighted by Gasteiger charge is -2.29. The number of nitrogens with zero attached hydrogens (tertiary/aromatic N) is 3. The van der Waals surface area contributed by atoms with Crippen LogP contribution in [0.4, 0.5) is 5.82 Å². The number of ether oxygens (including phenoxy) is 3. The van der Waals surface area contributed by atoms with Crippen LogP contribution in [0.1, 0.15) is 41.5 Å². The molecule has 0 aliphatic rings. The Morgan fingerprint density at radius 2 is 1.51 bits per heavy atom. The summed E-state index contributed by atoms with van der Waals surface area (Å²) in [6.45, 7) is 13.0. The van der Waals surface area contributed by atoms with Gasteiger partial charge in [0, 0.05) is 23.7 Å². The largest absolute Gasteiger partial charge is 0.458 e. The van der Waals surface area contributed by atoms with Crippen LogP contribution in [0.25, 0.3) is 22.5 Å². The van der Waals surface area contributed by atoms with Gasteiger partial charge in [-0.15, -0.1) is 0 Å². The Bertz CT molecular complexity index is 1110. The van der Waals surface area contributed by atoms with Gasteiger partial charge in [-0.05, 0) is 41.5 Å². The van der Waals surface area contributed by atoms with Gasteiger partial charge in [-0.1, -0.05) is 60.7 Å². The Morgan fingerprint density at radius 3 is 2.08 bits per heavy atom. The first kappa shape index (κ1) is 28.3. The molecule has 3 rings (SSSR count). The van der Waals surface area contributed by atoms with Crippen molar-refractivity contribution in [2.75, 3.05) is 31.3 Å². The smallest absolute Gasteiger partial charge is 0.332 e. The van der Waals surface area contributed by atoms with Crippen LogP contribution in [-0.4, -0.2) is 60.0 Å². The molecule has 3 aromatic rings. The highest BCUT2D eigenvalue weighted by atomic mass is 16.6. The van der Waals surface area contributed by atoms with E-state index in [4.69, 9.17) is 24.2 Å². The number of anilines is 1. The first-order valence-corrected chi connectivity index (χ1v) is 12.8. The summed E-state index contributed by atoms with van der Waals surface area (Å²) >= 11 is 0. The van der Waals surface area contributed by atoms with Crippen LogP contribution in [0.5, 0.6) is 0 Å². The Hall–Kier alpha value is -3.29. The molecule has 0 spiro atoms. The molecular weight excluding hydrogens is 466 g/mol. The predicted molar refractivity (Wildman–Crippen MR) is 147 cm³/mol. The standard InChI is InChI=1S/C30H39N3O4/c1-22(2)33(17-18-36-23(3)20-35-21-27(34)37-30(4,5)6)26-19-31-28(24-13-9-7-10-14-24)29(32-26)25-15-11-8-12-16-25/h7-16,19,22-23H,17-18,20-21H2,1-6H3/t23-/m1/s1. The third-order valence-corrected chi connectivity index (χ3v) is 5.50. The number of rotatable bonds is 12. The van der Waals surface area contributed by atoms with E-state index in [0.717, 1.165) is 28.3 Å². The molecule has 0 aliphatic heterocycles. The summed E-state index contributed by atoms with van der Waals surface area (Å²) in [7, 11) is 0. The zero-order valence-corrected chi connectivity index (χ0v) is 22.8. The lowest BCUT2D eigenvalue weighted by atomic mass is 10.0. The third kappa shape index (κ3) is 8.95. The summed E-state index contributed by atoms with van der Waals surface area (Å²) in [5.41, 5.74) is 3.23. The van der Waals surface area contributed by atoms with Crippen molar-refractivity contribution in [3.05, 3.63) is 66.9 Å². The summed E-state index contributed by atoms with van der Waals surface area (Å²) in [5, 5.41) is 0. The number of esters is 1. The van der Waals surface area contributed by atoms with Gasteiger partial charge < -0.3 is 19.1 Å². The number of carbonyl (C=O) groups excluding carboxylic acids is 1. The normalized spacial score (nSPS) is 12.4. The second kappa shape index (κ2) is 13.3. The van der Waals surface area contributed by atoms with E-state index in [0.29, 0.717) is 19.8 Å². The lowest BCUT2D eigenvalue weighted by molar-refractivity contribution is -0.161. The molecule has 0 saturated carbocycles. The molecule has 37 heavy (non-hydrogen) atoms. The number of aromatic nitrogens is 2. The number of hydrogen-bond acceptors (Lipinski definition) is 7. The topological polar surface area (TPSA) is 73.8 Å². The molecule has 1 heterocycles. The van der Waals surface area contributed by atoms with Gasteiger partial charge in [-0.3, -0.25) is 4.98 Å². The van der Waals surface area contributed by atoms with Crippen molar-refractivity contribution in [2.45, 2.75) is 59.3 Å². The minimum absolute atomic E-state index is 0.0886. The SMILES string of the molecule is CC(C)N(CCO[C@H](C)COCC(=O)OC(C)(C)C)c1cnc(-c2ccccc2)c(-c2ccccc2)n1. The second-order valence-electron chi connectivity index (χ2n) is 10.2. The fourth-order valence-corrected chi connectivity index (χ4v) is 3.84. The molecule has 198 valence electrons. The third-order valence-electron chi connectivity index (χ3n) is 5.50. The summed E-state index contributed by atoms with van der Waals surface area (Å²) in [6, 6.07) is 20.5. The number of benzene rings is 2. The zero-order valence-electron chi connectivity index (χ0n) is 22.8. The van der Waals surface area contributed by atoms with Gasteiger partial charge in [0.1, 0.15) is 18.0 Å². The van der Waals surface area contributed by atoms with Crippen molar-refractivity contribution in [1.82, 2.24) is 9.97 Å². The maximum atomic E-state index is 11.8. The number of hydrogen-bond donors (Lipinski definition) is 0. The maximum Gasteiger partial charge on any atom is 0.332 e. The average molecular weight is 506 g/mol. The molecule has 0 N–H and O–H groups in total. The van der Waals surface area contributed by atoms with Gasteiger partial charge in [0.2, 0.25) is 0 Å². The molecule has 0 bridgehead atoms. The van der Waals surface area contributed by atoms with Crippen molar-refractivity contribution in [2.24, 2.45) is 0 Å². The Kier molecular flexibility index (Phi) is 10.2. The molecule has 0 radical (unpaired) electrons. The van der Waals surface area contributed by atoms with Gasteiger partial charge in [-0.2, -0.15) is 0 Å². The van der Waals surface area contributed by atoms with Gasteiger partial charge in [-0.25, -0.2) is 9.78 Å². The van der Waals surface area contributed by atoms with Crippen LogP contribution in [0, 0.1) is 0 Å². The van der Waals surface area contributed by atoms with Gasteiger partial charge in [0.15, 0.2) is 0 Å². The van der Waals surface area contributed by atoms with Crippen molar-refractivity contribution in [3.63, 3.8) is 0 Å². The van der Waals surface area contributed by atoms with E-state index in [1.807, 2.05) is 70.3 Å². The maximum absolute atomic E-state index is 11.8. The first-order chi connectivity index (χ1) is 17.6. The van der Waals surface area contributed by atoms with E-state index >= 15 is 0 Å². The van der Waals surface area contributed by atoms with E-state index in [9.17, 15) is 4.79 Å². The molecule has 0 aliphatic carbocycles. The molecule has 0 amide bonds. The molecular formula is C30H39N3O4. The molecule has 0 unspecified atom stereocenters. The molecule has 7 nitrogen and oxygen atoms in total. The highest BCUT2D eigenvalue weighted by molar-refractivity contribution is 5.78. The van der Waals surface area contributed by atoms with Crippen LogP contribution in [0.3, 0.4) is 0 Å². The number of carbonyl (C=O) groups is 1. The Labute approximate surface area is 220 Å². The molecule has 1 atom stereocenters. The van der Waals surface area contributed by atoms with E-state index in [-0.39, 0.29) is 24.7 Å². The van der Waals surface area contributed by atoms with E-state index in [2.05, 4.69) is 43.0 Å².